The van der Waals surface area contributed by atoms with Crippen molar-refractivity contribution in [3.63, 3.8) is 0 Å². The van der Waals surface area contributed by atoms with E-state index in [2.05, 4.69) is 33.0 Å². The first-order valence-electron chi connectivity index (χ1n) is 9.89. The number of fused-ring (bicyclic) bond motifs is 1. The van der Waals surface area contributed by atoms with E-state index in [0.29, 0.717) is 32.7 Å². The average Bonchev–Trinajstić information content (AvgIpc) is 3.34. The molecule has 6 heteroatoms. The third kappa shape index (κ3) is 4.29. The van der Waals surface area contributed by atoms with Gasteiger partial charge in [0.1, 0.15) is 11.5 Å². The first-order chi connectivity index (χ1) is 13.7. The number of hydrogen-bond donors (Lipinski definition) is 1. The molecular weight excluding hydrogens is 354 g/mol. The third-order valence-electron chi connectivity index (χ3n) is 5.33. The highest BCUT2D eigenvalue weighted by molar-refractivity contribution is 5.80. The van der Waals surface area contributed by atoms with Gasteiger partial charge in [0.05, 0.1) is 19.3 Å². The van der Waals surface area contributed by atoms with Gasteiger partial charge in [0.15, 0.2) is 0 Å². The van der Waals surface area contributed by atoms with Gasteiger partial charge in [0, 0.05) is 44.3 Å². The maximum atomic E-state index is 12.5. The van der Waals surface area contributed by atoms with Crippen LogP contribution in [0.3, 0.4) is 0 Å². The fraction of sp³-hybridized carbons (Fsp3) is 0.409. The molecule has 1 aromatic carbocycles. The molecule has 6 nitrogen and oxygen atoms in total. The van der Waals surface area contributed by atoms with E-state index in [1.54, 1.807) is 0 Å². The van der Waals surface area contributed by atoms with E-state index < -0.39 is 0 Å². The zero-order valence-corrected chi connectivity index (χ0v) is 16.3. The Kier molecular flexibility index (Phi) is 5.78. The molecule has 0 aliphatic carbocycles. The van der Waals surface area contributed by atoms with Crippen molar-refractivity contribution >= 4 is 16.8 Å². The maximum absolute atomic E-state index is 12.5. The van der Waals surface area contributed by atoms with E-state index in [1.165, 1.54) is 5.39 Å². The van der Waals surface area contributed by atoms with E-state index in [1.807, 2.05) is 37.4 Å². The standard InChI is InChI=1S/C22H27N3O3/c1-17-6-7-21(28-17)20(25-12-14-27-15-13-25)16-23-22(26)9-11-24-10-8-18-4-2-3-5-19(18)24/h2-8,10,20H,9,11-16H2,1H3,(H,23,26)/t20-/m1/s1. The number of carbonyl (C=O) groups excluding carboxylic acids is 1. The number of hydrogen-bond acceptors (Lipinski definition) is 4. The highest BCUT2D eigenvalue weighted by Gasteiger charge is 2.25. The van der Waals surface area contributed by atoms with Gasteiger partial charge in [-0.3, -0.25) is 9.69 Å². The number of nitrogens with zero attached hydrogens (tertiary/aromatic N) is 2. The molecule has 0 radical (unpaired) electrons. The number of ether oxygens (including phenoxy) is 1. The van der Waals surface area contributed by atoms with Gasteiger partial charge in [-0.25, -0.2) is 0 Å². The molecule has 1 amide bonds. The Morgan fingerprint density at radius 3 is 2.75 bits per heavy atom. The molecule has 0 bridgehead atoms. The van der Waals surface area contributed by atoms with Gasteiger partial charge in [-0.15, -0.1) is 0 Å². The quantitative estimate of drug-likeness (QED) is 0.683. The number of amides is 1. The first-order valence-corrected chi connectivity index (χ1v) is 9.89. The molecule has 4 rings (SSSR count). The molecule has 1 atom stereocenters. The third-order valence-corrected chi connectivity index (χ3v) is 5.33. The number of rotatable bonds is 7. The molecule has 1 aliphatic rings. The summed E-state index contributed by atoms with van der Waals surface area (Å²) in [5.41, 5.74) is 1.16. The van der Waals surface area contributed by atoms with E-state index in [0.717, 1.165) is 30.1 Å². The van der Waals surface area contributed by atoms with E-state index >= 15 is 0 Å². The van der Waals surface area contributed by atoms with Crippen molar-refractivity contribution in [3.05, 3.63) is 60.2 Å². The number of morpholine rings is 1. The van der Waals surface area contributed by atoms with Gasteiger partial charge in [-0.05, 0) is 36.6 Å². The molecule has 3 heterocycles. The fourth-order valence-electron chi connectivity index (χ4n) is 3.79. The summed E-state index contributed by atoms with van der Waals surface area (Å²) in [6.07, 6.45) is 2.49. The van der Waals surface area contributed by atoms with Gasteiger partial charge in [-0.2, -0.15) is 0 Å². The summed E-state index contributed by atoms with van der Waals surface area (Å²) in [6.45, 7) is 6.26. The number of aryl methyl sites for hydroxylation is 2. The van der Waals surface area contributed by atoms with Crippen molar-refractivity contribution in [1.82, 2.24) is 14.8 Å². The second-order valence-corrected chi connectivity index (χ2v) is 7.23. The molecule has 0 saturated carbocycles. The number of aromatic nitrogens is 1. The molecule has 0 spiro atoms. The summed E-state index contributed by atoms with van der Waals surface area (Å²) in [4.78, 5) is 14.8. The monoisotopic (exact) mass is 381 g/mol. The van der Waals surface area contributed by atoms with Crippen LogP contribution in [0.1, 0.15) is 24.0 Å². The van der Waals surface area contributed by atoms with Crippen LogP contribution in [0.5, 0.6) is 0 Å². The summed E-state index contributed by atoms with van der Waals surface area (Å²) in [7, 11) is 0. The Labute approximate surface area is 165 Å². The van der Waals surface area contributed by atoms with Crippen LogP contribution in [0.15, 0.2) is 53.1 Å². The van der Waals surface area contributed by atoms with E-state index in [4.69, 9.17) is 9.15 Å². The number of carbonyl (C=O) groups is 1. The van der Waals surface area contributed by atoms with Crippen molar-refractivity contribution in [2.75, 3.05) is 32.8 Å². The Bertz CT molecular complexity index is 924. The number of benzene rings is 1. The lowest BCUT2D eigenvalue weighted by Gasteiger charge is -2.33. The minimum absolute atomic E-state index is 0.0361. The molecule has 2 aromatic heterocycles. The molecule has 0 unspecified atom stereocenters. The first kappa shape index (κ1) is 18.8. The van der Waals surface area contributed by atoms with Gasteiger partial charge in [0.2, 0.25) is 5.91 Å². The van der Waals surface area contributed by atoms with Crippen LogP contribution in [0.25, 0.3) is 10.9 Å². The summed E-state index contributed by atoms with van der Waals surface area (Å²) >= 11 is 0. The minimum Gasteiger partial charge on any atom is -0.465 e. The second kappa shape index (κ2) is 8.63. The average molecular weight is 381 g/mol. The van der Waals surface area contributed by atoms with Crippen molar-refractivity contribution in [3.8, 4) is 0 Å². The smallest absolute Gasteiger partial charge is 0.221 e. The zero-order valence-electron chi connectivity index (χ0n) is 16.3. The number of furan rings is 1. The summed E-state index contributed by atoms with van der Waals surface area (Å²) in [6, 6.07) is 14.3. The number of para-hydroxylation sites is 1. The minimum atomic E-state index is 0.0361. The summed E-state index contributed by atoms with van der Waals surface area (Å²) in [5.74, 6) is 1.84. The van der Waals surface area contributed by atoms with Crippen molar-refractivity contribution in [2.24, 2.45) is 0 Å². The van der Waals surface area contributed by atoms with Crippen LogP contribution in [-0.2, 0) is 16.1 Å². The van der Waals surface area contributed by atoms with Crippen molar-refractivity contribution in [2.45, 2.75) is 25.9 Å². The topological polar surface area (TPSA) is 59.6 Å². The van der Waals surface area contributed by atoms with Gasteiger partial charge >= 0.3 is 0 Å². The van der Waals surface area contributed by atoms with Crippen molar-refractivity contribution in [1.29, 1.82) is 0 Å². The van der Waals surface area contributed by atoms with Crippen LogP contribution < -0.4 is 5.32 Å². The predicted molar refractivity (Wildman–Crippen MR) is 108 cm³/mol. The van der Waals surface area contributed by atoms with Gasteiger partial charge in [0.25, 0.3) is 0 Å². The van der Waals surface area contributed by atoms with Crippen molar-refractivity contribution < 1.29 is 13.9 Å². The number of nitrogens with one attached hydrogen (secondary N) is 1. The predicted octanol–water partition coefficient (Wildman–Crippen LogP) is 3.12. The Morgan fingerprint density at radius 2 is 1.96 bits per heavy atom. The lowest BCUT2D eigenvalue weighted by atomic mass is 10.1. The largest absolute Gasteiger partial charge is 0.465 e. The van der Waals surface area contributed by atoms with Crippen LogP contribution >= 0.6 is 0 Å². The molecule has 3 aromatic rings. The lowest BCUT2D eigenvalue weighted by Crippen LogP contribution is -2.43. The summed E-state index contributed by atoms with van der Waals surface area (Å²) < 4.78 is 13.5. The van der Waals surface area contributed by atoms with Crippen LogP contribution in [0.2, 0.25) is 0 Å². The van der Waals surface area contributed by atoms with E-state index in [9.17, 15) is 4.79 Å². The Morgan fingerprint density at radius 1 is 1.14 bits per heavy atom. The molecule has 1 aliphatic heterocycles. The second-order valence-electron chi connectivity index (χ2n) is 7.23. The van der Waals surface area contributed by atoms with Gasteiger partial charge in [-0.1, -0.05) is 18.2 Å². The molecule has 1 saturated heterocycles. The molecule has 1 fully saturated rings. The maximum Gasteiger partial charge on any atom is 0.221 e. The fourth-order valence-corrected chi connectivity index (χ4v) is 3.79. The van der Waals surface area contributed by atoms with Gasteiger partial charge < -0.3 is 19.0 Å². The summed E-state index contributed by atoms with van der Waals surface area (Å²) in [5, 5.41) is 4.30. The highest BCUT2D eigenvalue weighted by Crippen LogP contribution is 2.23. The molecular formula is C22H27N3O3. The van der Waals surface area contributed by atoms with Crippen LogP contribution in [0, 0.1) is 6.92 Å². The van der Waals surface area contributed by atoms with E-state index in [-0.39, 0.29) is 11.9 Å². The Hall–Kier alpha value is -2.57. The normalized spacial score (nSPS) is 16.3. The Balaban J connectivity index is 1.35. The molecule has 28 heavy (non-hydrogen) atoms. The highest BCUT2D eigenvalue weighted by atomic mass is 16.5. The lowest BCUT2D eigenvalue weighted by molar-refractivity contribution is -0.121. The van der Waals surface area contributed by atoms with Crippen LogP contribution in [-0.4, -0.2) is 48.2 Å². The zero-order chi connectivity index (χ0) is 19.3. The van der Waals surface area contributed by atoms with Crippen LogP contribution in [0.4, 0.5) is 0 Å². The molecule has 148 valence electrons. The molecule has 1 N–H and O–H groups in total. The SMILES string of the molecule is Cc1ccc([C@@H](CNC(=O)CCn2ccc3ccccc32)N2CCOCC2)o1.